The van der Waals surface area contributed by atoms with Gasteiger partial charge in [-0.1, -0.05) is 6.07 Å². The molecule has 6 heteroatoms. The summed E-state index contributed by atoms with van der Waals surface area (Å²) in [6, 6.07) is 8.37. The van der Waals surface area contributed by atoms with Gasteiger partial charge in [0.1, 0.15) is 5.75 Å². The molecule has 0 fully saturated rings. The molecular weight excluding hydrogens is 278 g/mol. The van der Waals surface area contributed by atoms with Crippen molar-refractivity contribution in [1.29, 1.82) is 0 Å². The zero-order valence-corrected chi connectivity index (χ0v) is 13.3. The second kappa shape index (κ2) is 5.81. The summed E-state index contributed by atoms with van der Waals surface area (Å²) in [6.07, 6.45) is 0. The van der Waals surface area contributed by atoms with Crippen molar-refractivity contribution in [2.24, 2.45) is 4.99 Å². The maximum atomic E-state index is 5.34. The minimum Gasteiger partial charge on any atom is -0.497 e. The maximum absolute atomic E-state index is 5.34. The first-order valence-electron chi connectivity index (χ1n) is 7.38. The van der Waals surface area contributed by atoms with Gasteiger partial charge in [0.15, 0.2) is 11.7 Å². The van der Waals surface area contributed by atoms with Crippen LogP contribution in [0.5, 0.6) is 5.75 Å². The van der Waals surface area contributed by atoms with Crippen LogP contribution in [-0.4, -0.2) is 34.2 Å². The van der Waals surface area contributed by atoms with E-state index in [1.807, 2.05) is 25.1 Å². The van der Waals surface area contributed by atoms with Crippen molar-refractivity contribution in [1.82, 2.24) is 20.6 Å². The molecule has 22 heavy (non-hydrogen) atoms. The molecule has 3 rings (SSSR count). The number of H-pyrrole nitrogens is 1. The Labute approximate surface area is 130 Å². The number of rotatable bonds is 3. The SMILES string of the molecule is COc1ccc2c(c1)C(=Nc1cc(C)[nH]n1)NN(C(C)C)C2. The first-order valence-corrected chi connectivity index (χ1v) is 7.38. The fourth-order valence-electron chi connectivity index (χ4n) is 2.43. The lowest BCUT2D eigenvalue weighted by Gasteiger charge is -2.34. The van der Waals surface area contributed by atoms with Crippen LogP contribution >= 0.6 is 0 Å². The highest BCUT2D eigenvalue weighted by atomic mass is 16.5. The number of ether oxygens (including phenoxy) is 1. The number of aromatic nitrogens is 2. The number of hydrogen-bond donors (Lipinski definition) is 2. The summed E-state index contributed by atoms with van der Waals surface area (Å²) in [5.41, 5.74) is 6.65. The highest BCUT2D eigenvalue weighted by Gasteiger charge is 2.23. The van der Waals surface area contributed by atoms with E-state index in [-0.39, 0.29) is 0 Å². The first kappa shape index (κ1) is 14.6. The Morgan fingerprint density at radius 1 is 1.32 bits per heavy atom. The van der Waals surface area contributed by atoms with Gasteiger partial charge in [0.2, 0.25) is 0 Å². The molecular formula is C16H21N5O. The van der Waals surface area contributed by atoms with Crippen LogP contribution in [0.4, 0.5) is 5.82 Å². The molecule has 0 saturated carbocycles. The number of aryl methyl sites for hydroxylation is 1. The predicted molar refractivity (Wildman–Crippen MR) is 86.3 cm³/mol. The average Bonchev–Trinajstić information content (AvgIpc) is 2.91. The highest BCUT2D eigenvalue weighted by Crippen LogP contribution is 2.24. The number of fused-ring (bicyclic) bond motifs is 1. The van der Waals surface area contributed by atoms with Crippen LogP contribution in [0.25, 0.3) is 0 Å². The number of amidine groups is 1. The third-order valence-electron chi connectivity index (χ3n) is 3.70. The van der Waals surface area contributed by atoms with Crippen molar-refractivity contribution in [2.75, 3.05) is 7.11 Å². The molecule has 0 bridgehead atoms. The molecule has 1 aromatic heterocycles. The molecule has 2 N–H and O–H groups in total. The van der Waals surface area contributed by atoms with E-state index in [2.05, 4.69) is 45.5 Å². The normalized spacial score (nSPS) is 16.7. The lowest BCUT2D eigenvalue weighted by Crippen LogP contribution is -2.49. The first-order chi connectivity index (χ1) is 10.6. The lowest BCUT2D eigenvalue weighted by atomic mass is 10.0. The number of benzene rings is 1. The number of methoxy groups -OCH3 is 1. The van der Waals surface area contributed by atoms with Gasteiger partial charge < -0.3 is 10.2 Å². The van der Waals surface area contributed by atoms with E-state index < -0.39 is 0 Å². The predicted octanol–water partition coefficient (Wildman–Crippen LogP) is 2.53. The molecule has 116 valence electrons. The van der Waals surface area contributed by atoms with Crippen molar-refractivity contribution in [3.8, 4) is 5.75 Å². The van der Waals surface area contributed by atoms with Gasteiger partial charge in [0, 0.05) is 29.9 Å². The van der Waals surface area contributed by atoms with Crippen molar-refractivity contribution in [3.05, 3.63) is 41.1 Å². The molecule has 0 spiro atoms. The van der Waals surface area contributed by atoms with E-state index in [9.17, 15) is 0 Å². The molecule has 1 aliphatic heterocycles. The monoisotopic (exact) mass is 299 g/mol. The average molecular weight is 299 g/mol. The van der Waals surface area contributed by atoms with Crippen molar-refractivity contribution in [2.45, 2.75) is 33.4 Å². The summed E-state index contributed by atoms with van der Waals surface area (Å²) in [5.74, 6) is 2.28. The molecule has 2 heterocycles. The van der Waals surface area contributed by atoms with Crippen molar-refractivity contribution in [3.63, 3.8) is 0 Å². The molecule has 1 aromatic carbocycles. The minimum absolute atomic E-state index is 0.362. The van der Waals surface area contributed by atoms with Gasteiger partial charge >= 0.3 is 0 Å². The second-order valence-electron chi connectivity index (χ2n) is 5.73. The van der Waals surface area contributed by atoms with Crippen LogP contribution in [-0.2, 0) is 6.54 Å². The summed E-state index contributed by atoms with van der Waals surface area (Å²) in [5, 5.41) is 9.27. The molecule has 0 aliphatic carbocycles. The van der Waals surface area contributed by atoms with E-state index in [4.69, 9.17) is 4.74 Å². The Bertz CT molecular complexity index is 704. The van der Waals surface area contributed by atoms with Crippen LogP contribution in [0.15, 0.2) is 29.3 Å². The summed E-state index contributed by atoms with van der Waals surface area (Å²) in [4.78, 5) is 4.65. The van der Waals surface area contributed by atoms with Crippen LogP contribution in [0.3, 0.4) is 0 Å². The lowest BCUT2D eigenvalue weighted by molar-refractivity contribution is 0.169. The summed E-state index contributed by atoms with van der Waals surface area (Å²) < 4.78 is 5.34. The maximum Gasteiger partial charge on any atom is 0.175 e. The topological polar surface area (TPSA) is 65.5 Å². The standard InChI is InChI=1S/C16H21N5O/c1-10(2)21-9-12-5-6-13(22-4)8-14(12)16(20-21)17-15-7-11(3)18-19-15/h5-8,10H,9H2,1-4H3,(H2,17,18,19,20). The van der Waals surface area contributed by atoms with Crippen molar-refractivity contribution < 1.29 is 4.74 Å². The smallest absolute Gasteiger partial charge is 0.175 e. The number of nitrogens with zero attached hydrogens (tertiary/aromatic N) is 3. The van der Waals surface area contributed by atoms with Gasteiger partial charge in [-0.25, -0.2) is 10.0 Å². The van der Waals surface area contributed by atoms with E-state index in [0.29, 0.717) is 11.9 Å². The number of hydrazine groups is 1. The third kappa shape index (κ3) is 2.82. The second-order valence-corrected chi connectivity index (χ2v) is 5.73. The van der Waals surface area contributed by atoms with Crippen LogP contribution < -0.4 is 10.2 Å². The summed E-state index contributed by atoms with van der Waals surface area (Å²) >= 11 is 0. The Kier molecular flexibility index (Phi) is 3.85. The Hall–Kier alpha value is -2.34. The molecule has 6 nitrogen and oxygen atoms in total. The van der Waals surface area contributed by atoms with Gasteiger partial charge in [-0.05, 0) is 38.5 Å². The number of nitrogens with one attached hydrogen (secondary N) is 2. The molecule has 0 radical (unpaired) electrons. The molecule has 0 unspecified atom stereocenters. The zero-order valence-electron chi connectivity index (χ0n) is 13.3. The van der Waals surface area contributed by atoms with E-state index in [1.54, 1.807) is 7.11 Å². The molecule has 0 atom stereocenters. The van der Waals surface area contributed by atoms with Crippen LogP contribution in [0, 0.1) is 6.92 Å². The van der Waals surface area contributed by atoms with E-state index in [1.165, 1.54) is 5.56 Å². The van der Waals surface area contributed by atoms with Gasteiger partial charge in [-0.15, -0.1) is 0 Å². The van der Waals surface area contributed by atoms with Crippen molar-refractivity contribution >= 4 is 11.7 Å². The van der Waals surface area contributed by atoms with E-state index in [0.717, 1.165) is 29.4 Å². The minimum atomic E-state index is 0.362. The summed E-state index contributed by atoms with van der Waals surface area (Å²) in [6.45, 7) is 7.09. The zero-order chi connectivity index (χ0) is 15.7. The number of hydrogen-bond acceptors (Lipinski definition) is 4. The molecule has 1 aliphatic rings. The van der Waals surface area contributed by atoms with Gasteiger partial charge in [0.25, 0.3) is 0 Å². The Balaban J connectivity index is 2.05. The number of aliphatic imine (C=N–C) groups is 1. The molecule has 0 amide bonds. The fraction of sp³-hybridized carbons (Fsp3) is 0.375. The quantitative estimate of drug-likeness (QED) is 0.914. The number of aromatic amines is 1. The Morgan fingerprint density at radius 2 is 2.14 bits per heavy atom. The Morgan fingerprint density at radius 3 is 2.77 bits per heavy atom. The molecule has 0 saturated heterocycles. The van der Waals surface area contributed by atoms with Crippen LogP contribution in [0.2, 0.25) is 0 Å². The highest BCUT2D eigenvalue weighted by molar-refractivity contribution is 6.02. The van der Waals surface area contributed by atoms with Gasteiger partial charge in [-0.2, -0.15) is 5.10 Å². The van der Waals surface area contributed by atoms with Crippen LogP contribution in [0.1, 0.15) is 30.7 Å². The van der Waals surface area contributed by atoms with E-state index >= 15 is 0 Å². The molecule has 2 aromatic rings. The van der Waals surface area contributed by atoms with Gasteiger partial charge in [0.05, 0.1) is 7.11 Å². The summed E-state index contributed by atoms with van der Waals surface area (Å²) in [7, 11) is 1.67. The third-order valence-corrected chi connectivity index (χ3v) is 3.70. The van der Waals surface area contributed by atoms with Gasteiger partial charge in [-0.3, -0.25) is 5.10 Å². The largest absolute Gasteiger partial charge is 0.497 e. The fourth-order valence-corrected chi connectivity index (χ4v) is 2.43.